The van der Waals surface area contributed by atoms with Gasteiger partial charge in [0.1, 0.15) is 18.1 Å². The third-order valence-electron chi connectivity index (χ3n) is 7.49. The van der Waals surface area contributed by atoms with Crippen molar-refractivity contribution in [2.75, 3.05) is 19.7 Å². The Morgan fingerprint density at radius 2 is 1.47 bits per heavy atom. The van der Waals surface area contributed by atoms with E-state index < -0.39 is 0 Å². The zero-order valence-corrected chi connectivity index (χ0v) is 24.6. The van der Waals surface area contributed by atoms with E-state index in [1.807, 2.05) is 74.6 Å². The van der Waals surface area contributed by atoms with Crippen molar-refractivity contribution in [1.82, 2.24) is 14.8 Å². The van der Waals surface area contributed by atoms with Crippen molar-refractivity contribution in [3.8, 4) is 5.75 Å². The Hall–Kier alpha value is -4.91. The summed E-state index contributed by atoms with van der Waals surface area (Å²) in [6, 6.07) is 29.2. The first-order valence-corrected chi connectivity index (χ1v) is 14.5. The van der Waals surface area contributed by atoms with Gasteiger partial charge in [-0.2, -0.15) is 0 Å². The number of aryl methyl sites for hydroxylation is 1. The molecule has 0 radical (unpaired) electrons. The van der Waals surface area contributed by atoms with Crippen LogP contribution in [0.2, 0.25) is 0 Å². The quantitative estimate of drug-likeness (QED) is 0.175. The number of carbonyl (C=O) groups is 2. The van der Waals surface area contributed by atoms with E-state index in [2.05, 4.69) is 11.1 Å². The van der Waals surface area contributed by atoms with E-state index >= 15 is 0 Å². The number of nitrogens with one attached hydrogen (secondary N) is 1. The summed E-state index contributed by atoms with van der Waals surface area (Å²) in [5.41, 5.74) is 5.42. The predicted molar refractivity (Wildman–Crippen MR) is 167 cm³/mol. The molecule has 4 aromatic carbocycles. The van der Waals surface area contributed by atoms with Crippen LogP contribution < -0.4 is 4.74 Å². The Labute approximate surface area is 251 Å². The van der Waals surface area contributed by atoms with Crippen LogP contribution in [0.4, 0.5) is 4.39 Å². The van der Waals surface area contributed by atoms with E-state index in [1.54, 1.807) is 29.2 Å². The highest BCUT2D eigenvalue weighted by atomic mass is 19.1. The number of aromatic nitrogens is 1. The highest BCUT2D eigenvalue weighted by Gasteiger charge is 2.23. The van der Waals surface area contributed by atoms with Gasteiger partial charge >= 0.3 is 0 Å². The molecule has 5 aromatic rings. The van der Waals surface area contributed by atoms with Gasteiger partial charge in [0.05, 0.1) is 6.61 Å². The fraction of sp³-hybridized carbons (Fsp3) is 0.222. The number of ether oxygens (including phenoxy) is 1. The zero-order valence-electron chi connectivity index (χ0n) is 24.6. The Morgan fingerprint density at radius 1 is 0.814 bits per heavy atom. The fourth-order valence-electron chi connectivity index (χ4n) is 5.12. The first-order valence-electron chi connectivity index (χ1n) is 14.5. The van der Waals surface area contributed by atoms with E-state index in [-0.39, 0.29) is 30.7 Å². The van der Waals surface area contributed by atoms with E-state index in [9.17, 15) is 14.0 Å². The molecule has 0 saturated carbocycles. The van der Waals surface area contributed by atoms with Crippen molar-refractivity contribution in [3.63, 3.8) is 0 Å². The monoisotopic (exact) mass is 577 g/mol. The van der Waals surface area contributed by atoms with Gasteiger partial charge in [-0.3, -0.25) is 9.59 Å². The first-order chi connectivity index (χ1) is 20.9. The van der Waals surface area contributed by atoms with E-state index in [1.165, 1.54) is 17.0 Å². The molecule has 1 heterocycles. The standard InChI is InChI=1S/C36H36FN3O3/c1-3-43-32-18-12-28(13-19-32)23-39(21-20-30-22-38-34-7-5-4-6-33(30)34)35(41)25-40(24-27-10-16-31(37)17-11-27)36(42)29-14-8-26(2)9-15-29/h4-19,22,38H,3,20-21,23-25H2,1-2H3. The minimum Gasteiger partial charge on any atom is -0.494 e. The molecule has 7 heteroatoms. The van der Waals surface area contributed by atoms with Crippen molar-refractivity contribution in [2.45, 2.75) is 33.4 Å². The van der Waals surface area contributed by atoms with Crippen LogP contribution in [0.15, 0.2) is 103 Å². The molecule has 0 aliphatic carbocycles. The largest absolute Gasteiger partial charge is 0.494 e. The third kappa shape index (κ3) is 7.68. The van der Waals surface area contributed by atoms with Gasteiger partial charge in [-0.15, -0.1) is 0 Å². The van der Waals surface area contributed by atoms with Crippen LogP contribution in [0.1, 0.15) is 39.5 Å². The van der Waals surface area contributed by atoms with Crippen molar-refractivity contribution < 1.29 is 18.7 Å². The summed E-state index contributed by atoms with van der Waals surface area (Å²) < 4.78 is 19.2. The number of nitrogens with zero attached hydrogens (tertiary/aromatic N) is 2. The number of fused-ring (bicyclic) bond motifs is 1. The lowest BCUT2D eigenvalue weighted by Crippen LogP contribution is -2.43. The van der Waals surface area contributed by atoms with Gasteiger partial charge in [-0.05, 0) is 79.4 Å². The van der Waals surface area contributed by atoms with Gasteiger partial charge in [-0.1, -0.05) is 60.2 Å². The number of halogens is 1. The lowest BCUT2D eigenvalue weighted by atomic mass is 10.1. The maximum Gasteiger partial charge on any atom is 0.254 e. The summed E-state index contributed by atoms with van der Waals surface area (Å²) in [7, 11) is 0. The molecule has 0 unspecified atom stereocenters. The molecular weight excluding hydrogens is 541 g/mol. The van der Waals surface area contributed by atoms with Crippen LogP contribution in [0.3, 0.4) is 0 Å². The smallest absolute Gasteiger partial charge is 0.254 e. The van der Waals surface area contributed by atoms with Gasteiger partial charge in [-0.25, -0.2) is 4.39 Å². The van der Waals surface area contributed by atoms with Crippen LogP contribution >= 0.6 is 0 Å². The predicted octanol–water partition coefficient (Wildman–Crippen LogP) is 6.93. The normalized spacial score (nSPS) is 11.0. The van der Waals surface area contributed by atoms with Crippen LogP contribution in [-0.4, -0.2) is 46.3 Å². The molecular formula is C36H36FN3O3. The zero-order chi connectivity index (χ0) is 30.2. The fourth-order valence-corrected chi connectivity index (χ4v) is 5.12. The van der Waals surface area contributed by atoms with Crippen LogP contribution in [0.5, 0.6) is 5.75 Å². The van der Waals surface area contributed by atoms with Crippen LogP contribution in [-0.2, 0) is 24.3 Å². The summed E-state index contributed by atoms with van der Waals surface area (Å²) >= 11 is 0. The molecule has 220 valence electrons. The average Bonchev–Trinajstić information content (AvgIpc) is 3.44. The molecule has 0 bridgehead atoms. The van der Waals surface area contributed by atoms with Gasteiger partial charge in [0, 0.05) is 42.3 Å². The summed E-state index contributed by atoms with van der Waals surface area (Å²) in [6.45, 7) is 5.39. The number of aromatic amines is 1. The molecule has 5 rings (SSSR count). The molecule has 2 amide bonds. The lowest BCUT2D eigenvalue weighted by molar-refractivity contribution is -0.132. The molecule has 0 saturated heterocycles. The maximum absolute atomic E-state index is 14.0. The van der Waals surface area contributed by atoms with Gasteiger partial charge < -0.3 is 19.5 Å². The van der Waals surface area contributed by atoms with E-state index in [0.717, 1.165) is 38.9 Å². The molecule has 1 N–H and O–H groups in total. The van der Waals surface area contributed by atoms with Crippen LogP contribution in [0.25, 0.3) is 10.9 Å². The number of amides is 2. The molecule has 0 aliphatic rings. The first kappa shape index (κ1) is 29.6. The molecule has 0 atom stereocenters. The number of hydrogen-bond donors (Lipinski definition) is 1. The van der Waals surface area contributed by atoms with Gasteiger partial charge in [0.15, 0.2) is 0 Å². The number of H-pyrrole nitrogens is 1. The van der Waals surface area contributed by atoms with E-state index in [4.69, 9.17) is 4.74 Å². The van der Waals surface area contributed by atoms with Crippen LogP contribution in [0, 0.1) is 12.7 Å². The Kier molecular flexibility index (Phi) is 9.52. The minimum absolute atomic E-state index is 0.116. The molecule has 1 aromatic heterocycles. The molecule has 0 spiro atoms. The lowest BCUT2D eigenvalue weighted by Gasteiger charge is -2.28. The minimum atomic E-state index is -0.352. The Balaban J connectivity index is 1.40. The third-order valence-corrected chi connectivity index (χ3v) is 7.49. The molecule has 43 heavy (non-hydrogen) atoms. The topological polar surface area (TPSA) is 65.6 Å². The number of para-hydroxylation sites is 1. The Bertz CT molecular complexity index is 1660. The summed E-state index contributed by atoms with van der Waals surface area (Å²) in [5.74, 6) is -0.00115. The van der Waals surface area contributed by atoms with Crippen molar-refractivity contribution in [1.29, 1.82) is 0 Å². The van der Waals surface area contributed by atoms with Crippen molar-refractivity contribution in [3.05, 3.63) is 137 Å². The molecule has 0 fully saturated rings. The molecule has 6 nitrogen and oxygen atoms in total. The number of benzene rings is 4. The number of hydrogen-bond acceptors (Lipinski definition) is 3. The second kappa shape index (κ2) is 13.8. The van der Waals surface area contributed by atoms with Crippen molar-refractivity contribution in [2.24, 2.45) is 0 Å². The van der Waals surface area contributed by atoms with E-state index in [0.29, 0.717) is 31.7 Å². The maximum atomic E-state index is 14.0. The second-order valence-electron chi connectivity index (χ2n) is 10.7. The molecule has 0 aliphatic heterocycles. The second-order valence-corrected chi connectivity index (χ2v) is 10.7. The highest BCUT2D eigenvalue weighted by molar-refractivity contribution is 5.96. The van der Waals surface area contributed by atoms with Gasteiger partial charge in [0.25, 0.3) is 5.91 Å². The number of carbonyl (C=O) groups excluding carboxylic acids is 2. The Morgan fingerprint density at radius 3 is 2.16 bits per heavy atom. The average molecular weight is 578 g/mol. The van der Waals surface area contributed by atoms with Gasteiger partial charge in [0.2, 0.25) is 5.91 Å². The number of rotatable bonds is 12. The summed E-state index contributed by atoms with van der Waals surface area (Å²) in [5, 5.41) is 1.13. The summed E-state index contributed by atoms with van der Waals surface area (Å²) in [6.07, 6.45) is 2.64. The SMILES string of the molecule is CCOc1ccc(CN(CCc2c[nH]c3ccccc23)C(=O)CN(Cc2ccc(F)cc2)C(=O)c2ccc(C)cc2)cc1. The van der Waals surface area contributed by atoms with Crippen molar-refractivity contribution >= 4 is 22.7 Å². The highest BCUT2D eigenvalue weighted by Crippen LogP contribution is 2.20. The summed E-state index contributed by atoms with van der Waals surface area (Å²) in [4.78, 5) is 34.4.